The van der Waals surface area contributed by atoms with Gasteiger partial charge in [-0.3, -0.25) is 15.2 Å². The highest BCUT2D eigenvalue weighted by Crippen LogP contribution is 2.39. The Morgan fingerprint density at radius 2 is 1.67 bits per heavy atom. The first-order valence-electron chi connectivity index (χ1n) is 10.2. The number of rotatable bonds is 4. The van der Waals surface area contributed by atoms with Crippen molar-refractivity contribution in [2.75, 3.05) is 18.1 Å². The summed E-state index contributed by atoms with van der Waals surface area (Å²) in [7, 11) is 0. The van der Waals surface area contributed by atoms with E-state index in [-0.39, 0.29) is 11.9 Å². The van der Waals surface area contributed by atoms with E-state index in [0.29, 0.717) is 32.9 Å². The fourth-order valence-electron chi connectivity index (χ4n) is 3.69. The fraction of sp³-hybridized carbons (Fsp3) is 0.333. The maximum absolute atomic E-state index is 12.9. The summed E-state index contributed by atoms with van der Waals surface area (Å²) in [6.07, 6.45) is 3.86. The maximum atomic E-state index is 12.9. The molecule has 0 radical (unpaired) electrons. The Bertz CT molecular complexity index is 1030. The van der Waals surface area contributed by atoms with Crippen molar-refractivity contribution < 1.29 is 15.1 Å². The molecule has 4 rings (SSSR count). The highest BCUT2D eigenvalue weighted by atomic mass is 35.5. The molecule has 1 amide bonds. The number of nitrogens with one attached hydrogen (secondary N) is 1. The first-order valence-corrected chi connectivity index (χ1v) is 11.3. The molecule has 2 N–H and O–H groups in total. The van der Waals surface area contributed by atoms with Crippen molar-refractivity contribution in [1.29, 1.82) is 0 Å². The zero-order valence-corrected chi connectivity index (χ0v) is 19.7. The average molecular weight is 515 g/mol. The van der Waals surface area contributed by atoms with Crippen molar-refractivity contribution in [3.05, 3.63) is 73.2 Å². The molecule has 2 heterocycles. The Labute approximate surface area is 205 Å². The van der Waals surface area contributed by atoms with E-state index < -0.39 is 5.09 Å². The van der Waals surface area contributed by atoms with Crippen molar-refractivity contribution >= 4 is 52.1 Å². The van der Waals surface area contributed by atoms with Crippen LogP contribution in [-0.4, -0.2) is 40.0 Å². The summed E-state index contributed by atoms with van der Waals surface area (Å²) >= 11 is 18.6. The molecule has 0 spiro atoms. The van der Waals surface area contributed by atoms with Crippen LogP contribution in [-0.2, 0) is 4.79 Å². The summed E-state index contributed by atoms with van der Waals surface area (Å²) in [5.41, 5.74) is 5.18. The predicted molar refractivity (Wildman–Crippen MR) is 128 cm³/mol. The second-order valence-electron chi connectivity index (χ2n) is 7.48. The number of amides is 1. The van der Waals surface area contributed by atoms with Crippen molar-refractivity contribution in [2.45, 2.75) is 31.7 Å². The SMILES string of the molecule is O=C(NN1CCCCC1)C1=NN(c2ccc(Cl)cc2Cl)C(c2ccc(Cl)cc2)C1.O=[N+]([O-])O. The van der Waals surface area contributed by atoms with Crippen molar-refractivity contribution in [3.63, 3.8) is 0 Å². The molecule has 2 aliphatic rings. The number of hydrazine groups is 1. The van der Waals surface area contributed by atoms with E-state index in [4.69, 9.17) is 50.1 Å². The van der Waals surface area contributed by atoms with Crippen LogP contribution in [0.15, 0.2) is 47.6 Å². The molecule has 1 saturated heterocycles. The van der Waals surface area contributed by atoms with E-state index in [1.165, 1.54) is 6.42 Å². The van der Waals surface area contributed by atoms with Gasteiger partial charge in [-0.15, -0.1) is 10.1 Å². The lowest BCUT2D eigenvalue weighted by Crippen LogP contribution is -2.47. The molecular weight excluding hydrogens is 493 g/mol. The van der Waals surface area contributed by atoms with Gasteiger partial charge in [0.2, 0.25) is 0 Å². The van der Waals surface area contributed by atoms with Gasteiger partial charge in [0.1, 0.15) is 5.71 Å². The third kappa shape index (κ3) is 6.94. The third-order valence-corrected chi connectivity index (χ3v) is 5.99. The number of hydrazone groups is 1. The van der Waals surface area contributed by atoms with E-state index in [1.54, 1.807) is 17.1 Å². The number of piperidine rings is 1. The Morgan fingerprint density at radius 1 is 1.06 bits per heavy atom. The van der Waals surface area contributed by atoms with Gasteiger partial charge in [-0.05, 0) is 48.7 Å². The minimum atomic E-state index is -1.50. The molecule has 176 valence electrons. The molecule has 12 heteroatoms. The van der Waals surface area contributed by atoms with Crippen LogP contribution < -0.4 is 10.4 Å². The molecule has 2 aliphatic heterocycles. The van der Waals surface area contributed by atoms with Crippen LogP contribution in [0.5, 0.6) is 0 Å². The van der Waals surface area contributed by atoms with Crippen LogP contribution in [0, 0.1) is 10.1 Å². The van der Waals surface area contributed by atoms with Crippen LogP contribution in [0.4, 0.5) is 5.69 Å². The summed E-state index contributed by atoms with van der Waals surface area (Å²) in [6, 6.07) is 12.7. The number of hydrogen-bond acceptors (Lipinski definition) is 6. The van der Waals surface area contributed by atoms with Gasteiger partial charge >= 0.3 is 0 Å². The van der Waals surface area contributed by atoms with E-state index in [9.17, 15) is 4.79 Å². The molecule has 0 aliphatic carbocycles. The first-order chi connectivity index (χ1) is 15.7. The largest absolute Gasteiger partial charge is 0.328 e. The number of anilines is 1. The molecule has 0 aromatic heterocycles. The van der Waals surface area contributed by atoms with Crippen molar-refractivity contribution in [2.24, 2.45) is 5.10 Å². The number of halogens is 3. The fourth-order valence-corrected chi connectivity index (χ4v) is 4.32. The van der Waals surface area contributed by atoms with Gasteiger partial charge in [-0.1, -0.05) is 53.4 Å². The number of nitrogens with zero attached hydrogens (tertiary/aromatic N) is 4. The van der Waals surface area contributed by atoms with Crippen LogP contribution in [0.1, 0.15) is 37.3 Å². The average Bonchev–Trinajstić information content (AvgIpc) is 3.20. The summed E-state index contributed by atoms with van der Waals surface area (Å²) in [5.74, 6) is -0.168. The highest BCUT2D eigenvalue weighted by Gasteiger charge is 2.34. The minimum absolute atomic E-state index is 0.159. The van der Waals surface area contributed by atoms with Crippen LogP contribution in [0.2, 0.25) is 15.1 Å². The molecule has 0 bridgehead atoms. The second kappa shape index (κ2) is 11.5. The lowest BCUT2D eigenvalue weighted by Gasteiger charge is -2.26. The molecule has 2 aromatic rings. The Hall–Kier alpha value is -2.59. The van der Waals surface area contributed by atoms with Crippen molar-refractivity contribution in [1.82, 2.24) is 10.4 Å². The lowest BCUT2D eigenvalue weighted by molar-refractivity contribution is -0.742. The third-order valence-electron chi connectivity index (χ3n) is 5.20. The Morgan fingerprint density at radius 3 is 2.27 bits per heavy atom. The summed E-state index contributed by atoms with van der Waals surface area (Å²) < 4.78 is 0. The zero-order chi connectivity index (χ0) is 24.0. The first kappa shape index (κ1) is 25.0. The normalized spacial score (nSPS) is 18.2. The monoisotopic (exact) mass is 513 g/mol. The zero-order valence-electron chi connectivity index (χ0n) is 17.5. The number of benzene rings is 2. The van der Waals surface area contributed by atoms with E-state index in [2.05, 4.69) is 10.5 Å². The van der Waals surface area contributed by atoms with Crippen LogP contribution >= 0.6 is 34.8 Å². The molecule has 1 unspecified atom stereocenters. The molecule has 33 heavy (non-hydrogen) atoms. The lowest BCUT2D eigenvalue weighted by atomic mass is 10.0. The quantitative estimate of drug-likeness (QED) is 0.432. The smallest absolute Gasteiger partial charge is 0.291 e. The predicted octanol–water partition coefficient (Wildman–Crippen LogP) is 5.12. The molecular formula is C21H22Cl3N5O4. The van der Waals surface area contributed by atoms with Gasteiger partial charge in [0, 0.05) is 29.6 Å². The number of hydrogen-bond donors (Lipinski definition) is 2. The molecule has 1 fully saturated rings. The van der Waals surface area contributed by atoms with Crippen LogP contribution in [0.25, 0.3) is 0 Å². The second-order valence-corrected chi connectivity index (χ2v) is 8.77. The standard InChI is InChI=1S/C21H21Cl3N4O.HNO3/c22-15-6-4-14(5-7-15)20-13-18(21(29)26-27-10-2-1-3-11-27)25-28(20)19-9-8-16(23)12-17(19)24;2-1(3)4/h4-9,12,20H,1-3,10-11,13H2,(H,26,29);(H,2,3,4). The van der Waals surface area contributed by atoms with E-state index in [0.717, 1.165) is 31.5 Å². The van der Waals surface area contributed by atoms with E-state index in [1.807, 2.05) is 35.3 Å². The highest BCUT2D eigenvalue weighted by molar-refractivity contribution is 6.40. The van der Waals surface area contributed by atoms with Gasteiger partial charge < -0.3 is 5.21 Å². The molecule has 1 atom stereocenters. The van der Waals surface area contributed by atoms with Gasteiger partial charge in [0.05, 0.1) is 16.8 Å². The van der Waals surface area contributed by atoms with Gasteiger partial charge in [0.15, 0.2) is 0 Å². The Kier molecular flexibility index (Phi) is 8.74. The summed E-state index contributed by atoms with van der Waals surface area (Å²) in [4.78, 5) is 21.2. The topological polar surface area (TPSA) is 111 Å². The van der Waals surface area contributed by atoms with Gasteiger partial charge in [-0.2, -0.15) is 5.10 Å². The van der Waals surface area contributed by atoms with E-state index >= 15 is 0 Å². The summed E-state index contributed by atoms with van der Waals surface area (Å²) in [5, 5.41) is 23.8. The van der Waals surface area contributed by atoms with Gasteiger partial charge in [0.25, 0.3) is 11.0 Å². The minimum Gasteiger partial charge on any atom is -0.328 e. The molecule has 0 saturated carbocycles. The van der Waals surface area contributed by atoms with Crippen molar-refractivity contribution in [3.8, 4) is 0 Å². The molecule has 9 nitrogen and oxygen atoms in total. The molecule has 2 aromatic carbocycles. The number of carbonyl (C=O) groups excluding carboxylic acids is 1. The Balaban J connectivity index is 0.000000709. The summed E-state index contributed by atoms with van der Waals surface area (Å²) in [6.45, 7) is 1.73. The number of carbonyl (C=O) groups is 1. The maximum Gasteiger partial charge on any atom is 0.291 e. The van der Waals surface area contributed by atoms with Crippen LogP contribution in [0.3, 0.4) is 0 Å². The van der Waals surface area contributed by atoms with Gasteiger partial charge in [-0.25, -0.2) is 5.01 Å².